The van der Waals surface area contributed by atoms with E-state index in [0.717, 1.165) is 32.5 Å². The minimum absolute atomic E-state index is 0.0256. The summed E-state index contributed by atoms with van der Waals surface area (Å²) >= 11 is 0. The standard InChI is InChI=1S/C18H28N2O3/c1-2-22-12-6-11-19-17(21)20-15-18(9-13-23-14-10-18)16-7-4-3-5-8-16/h3-5,7-8H,2,6,9-15H2,1H3,(H2,19,20,21). The second-order valence-corrected chi connectivity index (χ2v) is 5.92. The topological polar surface area (TPSA) is 59.6 Å². The van der Waals surface area contributed by atoms with Crippen LogP contribution < -0.4 is 10.6 Å². The Hall–Kier alpha value is -1.59. The molecule has 1 aromatic carbocycles. The fourth-order valence-corrected chi connectivity index (χ4v) is 2.95. The van der Waals surface area contributed by atoms with Crippen LogP contribution in [-0.2, 0) is 14.9 Å². The molecule has 1 aliphatic heterocycles. The van der Waals surface area contributed by atoms with Crippen molar-refractivity contribution in [3.05, 3.63) is 35.9 Å². The van der Waals surface area contributed by atoms with Crippen molar-refractivity contribution in [2.45, 2.75) is 31.6 Å². The molecular formula is C18H28N2O3. The Bertz CT molecular complexity index is 459. The van der Waals surface area contributed by atoms with Gasteiger partial charge in [0.05, 0.1) is 0 Å². The van der Waals surface area contributed by atoms with Gasteiger partial charge in [-0.25, -0.2) is 4.79 Å². The number of hydrogen-bond donors (Lipinski definition) is 2. The van der Waals surface area contributed by atoms with Gasteiger partial charge in [0.1, 0.15) is 0 Å². The highest BCUT2D eigenvalue weighted by Crippen LogP contribution is 2.34. The molecule has 2 N–H and O–H groups in total. The normalized spacial score (nSPS) is 16.7. The number of carbonyl (C=O) groups excluding carboxylic acids is 1. The molecule has 0 bridgehead atoms. The summed E-state index contributed by atoms with van der Waals surface area (Å²) in [7, 11) is 0. The summed E-state index contributed by atoms with van der Waals surface area (Å²) in [6.45, 7) is 6.12. The Morgan fingerprint density at radius 1 is 1.22 bits per heavy atom. The van der Waals surface area contributed by atoms with E-state index >= 15 is 0 Å². The molecule has 1 saturated heterocycles. The number of hydrogen-bond acceptors (Lipinski definition) is 3. The average molecular weight is 320 g/mol. The summed E-state index contributed by atoms with van der Waals surface area (Å²) in [4.78, 5) is 12.0. The highest BCUT2D eigenvalue weighted by molar-refractivity contribution is 5.73. The van der Waals surface area contributed by atoms with Crippen LogP contribution >= 0.6 is 0 Å². The van der Waals surface area contributed by atoms with Crippen LogP contribution in [-0.4, -0.2) is 45.5 Å². The predicted molar refractivity (Wildman–Crippen MR) is 90.7 cm³/mol. The van der Waals surface area contributed by atoms with Gasteiger partial charge in [-0.2, -0.15) is 0 Å². The van der Waals surface area contributed by atoms with Crippen LogP contribution in [0.3, 0.4) is 0 Å². The minimum atomic E-state index is -0.108. The Morgan fingerprint density at radius 2 is 1.96 bits per heavy atom. The number of rotatable bonds is 8. The molecular weight excluding hydrogens is 292 g/mol. The van der Waals surface area contributed by atoms with Gasteiger partial charge in [0.15, 0.2) is 0 Å². The number of urea groups is 1. The second-order valence-electron chi connectivity index (χ2n) is 5.92. The lowest BCUT2D eigenvalue weighted by molar-refractivity contribution is 0.0507. The number of amides is 2. The van der Waals surface area contributed by atoms with E-state index in [1.54, 1.807) is 0 Å². The lowest BCUT2D eigenvalue weighted by Crippen LogP contribution is -2.47. The molecule has 23 heavy (non-hydrogen) atoms. The van der Waals surface area contributed by atoms with Gasteiger partial charge >= 0.3 is 6.03 Å². The van der Waals surface area contributed by atoms with Crippen LogP contribution in [0.5, 0.6) is 0 Å². The fourth-order valence-electron chi connectivity index (χ4n) is 2.95. The van der Waals surface area contributed by atoms with Crippen LogP contribution in [0.2, 0.25) is 0 Å². The first-order chi connectivity index (χ1) is 11.3. The Morgan fingerprint density at radius 3 is 2.65 bits per heavy atom. The van der Waals surface area contributed by atoms with Crippen molar-refractivity contribution in [3.63, 3.8) is 0 Å². The van der Waals surface area contributed by atoms with Crippen molar-refractivity contribution in [1.29, 1.82) is 0 Å². The van der Waals surface area contributed by atoms with E-state index < -0.39 is 0 Å². The molecule has 0 atom stereocenters. The van der Waals surface area contributed by atoms with Gasteiger partial charge < -0.3 is 20.1 Å². The number of benzene rings is 1. The van der Waals surface area contributed by atoms with Crippen molar-refractivity contribution in [2.24, 2.45) is 0 Å². The molecule has 0 saturated carbocycles. The summed E-state index contributed by atoms with van der Waals surface area (Å²) in [5, 5.41) is 5.92. The van der Waals surface area contributed by atoms with Gasteiger partial charge in [0.2, 0.25) is 0 Å². The molecule has 2 rings (SSSR count). The lowest BCUT2D eigenvalue weighted by atomic mass is 9.74. The van der Waals surface area contributed by atoms with Crippen molar-refractivity contribution >= 4 is 6.03 Å². The van der Waals surface area contributed by atoms with Gasteiger partial charge in [-0.15, -0.1) is 0 Å². The van der Waals surface area contributed by atoms with E-state index in [-0.39, 0.29) is 11.4 Å². The molecule has 5 heteroatoms. The third kappa shape index (κ3) is 5.52. The molecule has 0 aromatic heterocycles. The molecule has 1 aromatic rings. The van der Waals surface area contributed by atoms with Crippen LogP contribution in [0.25, 0.3) is 0 Å². The van der Waals surface area contributed by atoms with E-state index in [0.29, 0.717) is 26.3 Å². The highest BCUT2D eigenvalue weighted by atomic mass is 16.5. The number of nitrogens with one attached hydrogen (secondary N) is 2. The monoisotopic (exact) mass is 320 g/mol. The van der Waals surface area contributed by atoms with E-state index in [2.05, 4.69) is 34.9 Å². The van der Waals surface area contributed by atoms with Crippen LogP contribution in [0.15, 0.2) is 30.3 Å². The molecule has 1 heterocycles. The summed E-state index contributed by atoms with van der Waals surface area (Å²) in [6, 6.07) is 10.3. The summed E-state index contributed by atoms with van der Waals surface area (Å²) in [5.74, 6) is 0. The zero-order valence-electron chi connectivity index (χ0n) is 14.0. The number of carbonyl (C=O) groups is 1. The summed E-state index contributed by atoms with van der Waals surface area (Å²) in [6.07, 6.45) is 2.70. The third-order valence-electron chi connectivity index (χ3n) is 4.38. The lowest BCUT2D eigenvalue weighted by Gasteiger charge is -2.38. The van der Waals surface area contributed by atoms with E-state index in [1.807, 2.05) is 13.0 Å². The third-order valence-corrected chi connectivity index (χ3v) is 4.38. The van der Waals surface area contributed by atoms with Gasteiger partial charge in [-0.1, -0.05) is 30.3 Å². The van der Waals surface area contributed by atoms with Crippen LogP contribution in [0.4, 0.5) is 4.79 Å². The van der Waals surface area contributed by atoms with Crippen LogP contribution in [0.1, 0.15) is 31.7 Å². The maximum Gasteiger partial charge on any atom is 0.314 e. The maximum atomic E-state index is 12.0. The zero-order chi connectivity index (χ0) is 16.4. The van der Waals surface area contributed by atoms with E-state index in [1.165, 1.54) is 5.56 Å². The molecule has 2 amide bonds. The largest absolute Gasteiger partial charge is 0.382 e. The molecule has 0 radical (unpaired) electrons. The van der Waals surface area contributed by atoms with Crippen molar-refractivity contribution in [3.8, 4) is 0 Å². The molecule has 128 valence electrons. The fraction of sp³-hybridized carbons (Fsp3) is 0.611. The SMILES string of the molecule is CCOCCCNC(=O)NCC1(c2ccccc2)CCOCC1. The quantitative estimate of drug-likeness (QED) is 0.723. The summed E-state index contributed by atoms with van der Waals surface area (Å²) in [5.41, 5.74) is 1.25. The van der Waals surface area contributed by atoms with E-state index in [9.17, 15) is 4.79 Å². The molecule has 0 unspecified atom stereocenters. The highest BCUT2D eigenvalue weighted by Gasteiger charge is 2.34. The first-order valence-corrected chi connectivity index (χ1v) is 8.49. The van der Waals surface area contributed by atoms with Crippen LogP contribution in [0, 0.1) is 0 Å². The minimum Gasteiger partial charge on any atom is -0.382 e. The Balaban J connectivity index is 1.83. The van der Waals surface area contributed by atoms with Gasteiger partial charge in [0.25, 0.3) is 0 Å². The number of ether oxygens (including phenoxy) is 2. The average Bonchev–Trinajstić information content (AvgIpc) is 2.61. The zero-order valence-corrected chi connectivity index (χ0v) is 14.0. The smallest absolute Gasteiger partial charge is 0.314 e. The predicted octanol–water partition coefficient (Wildman–Crippen LogP) is 2.46. The van der Waals surface area contributed by atoms with Crippen molar-refractivity contribution < 1.29 is 14.3 Å². The van der Waals surface area contributed by atoms with E-state index in [4.69, 9.17) is 9.47 Å². The Kier molecular flexibility index (Phi) is 7.36. The van der Waals surface area contributed by atoms with Gasteiger partial charge in [-0.05, 0) is 31.7 Å². The van der Waals surface area contributed by atoms with Crippen molar-refractivity contribution in [2.75, 3.05) is 39.5 Å². The summed E-state index contributed by atoms with van der Waals surface area (Å²) < 4.78 is 10.8. The van der Waals surface area contributed by atoms with Gasteiger partial charge in [-0.3, -0.25) is 0 Å². The van der Waals surface area contributed by atoms with Gasteiger partial charge in [0, 0.05) is 44.9 Å². The molecule has 1 fully saturated rings. The first-order valence-electron chi connectivity index (χ1n) is 8.49. The Labute approximate surface area is 138 Å². The maximum absolute atomic E-state index is 12.0. The molecule has 1 aliphatic rings. The molecule has 0 spiro atoms. The second kappa shape index (κ2) is 9.53. The molecule has 0 aliphatic carbocycles. The van der Waals surface area contributed by atoms with Crippen molar-refractivity contribution in [1.82, 2.24) is 10.6 Å². The first kappa shape index (κ1) is 17.8. The molecule has 5 nitrogen and oxygen atoms in total.